The summed E-state index contributed by atoms with van der Waals surface area (Å²) < 4.78 is 6.21. The minimum Gasteiger partial charge on any atom is -0.423 e. The van der Waals surface area contributed by atoms with E-state index in [9.17, 15) is 14.4 Å². The molecule has 0 spiro atoms. The molecule has 0 heterocycles. The molecule has 0 aliphatic carbocycles. The summed E-state index contributed by atoms with van der Waals surface area (Å²) in [6.45, 7) is 2.08. The number of benzene rings is 2. The van der Waals surface area contributed by atoms with Crippen LogP contribution in [0.4, 0.5) is 0 Å². The van der Waals surface area contributed by atoms with Gasteiger partial charge in [-0.3, -0.25) is 9.59 Å². The first-order valence-electron chi connectivity index (χ1n) is 11.6. The Kier molecular flexibility index (Phi) is 12.9. The van der Waals surface area contributed by atoms with Gasteiger partial charge in [-0.05, 0) is 71.0 Å². The molecule has 0 atom stereocenters. The lowest BCUT2D eigenvalue weighted by molar-refractivity contribution is -0.126. The standard InChI is InChI=1S/C26H32IN3O4/c1-2-3-4-5-6-7-8-13-24(31)28-19-25(32)30-29-18-20-14-16-21(17-15-20)34-26(33)22-11-9-10-12-23(22)27/h9-12,14-18H,2-8,13,19H2,1H3,(H,28,31)(H,30,32). The van der Waals surface area contributed by atoms with E-state index in [-0.39, 0.29) is 12.5 Å². The highest BCUT2D eigenvalue weighted by molar-refractivity contribution is 14.1. The number of ether oxygens (including phenoxy) is 1. The smallest absolute Gasteiger partial charge is 0.344 e. The number of rotatable bonds is 14. The Morgan fingerprint density at radius 2 is 1.59 bits per heavy atom. The van der Waals surface area contributed by atoms with E-state index >= 15 is 0 Å². The molecule has 0 fully saturated rings. The molecular weight excluding hydrogens is 545 g/mol. The molecule has 0 saturated carbocycles. The van der Waals surface area contributed by atoms with Crippen molar-refractivity contribution in [1.82, 2.24) is 10.7 Å². The molecule has 0 unspecified atom stereocenters. The van der Waals surface area contributed by atoms with Crippen molar-refractivity contribution in [3.05, 3.63) is 63.2 Å². The average Bonchev–Trinajstić information content (AvgIpc) is 2.83. The van der Waals surface area contributed by atoms with Gasteiger partial charge in [-0.2, -0.15) is 5.10 Å². The largest absolute Gasteiger partial charge is 0.423 e. The fourth-order valence-electron chi connectivity index (χ4n) is 3.14. The molecule has 182 valence electrons. The van der Waals surface area contributed by atoms with Gasteiger partial charge in [0.15, 0.2) is 0 Å². The van der Waals surface area contributed by atoms with Crippen molar-refractivity contribution in [3.63, 3.8) is 0 Å². The highest BCUT2D eigenvalue weighted by Gasteiger charge is 2.11. The van der Waals surface area contributed by atoms with Crippen molar-refractivity contribution in [2.45, 2.75) is 58.3 Å². The number of carbonyl (C=O) groups excluding carboxylic acids is 3. The van der Waals surface area contributed by atoms with E-state index in [0.29, 0.717) is 17.7 Å². The van der Waals surface area contributed by atoms with E-state index in [1.54, 1.807) is 36.4 Å². The summed E-state index contributed by atoms with van der Waals surface area (Å²) >= 11 is 2.09. The molecule has 0 radical (unpaired) electrons. The molecule has 34 heavy (non-hydrogen) atoms. The van der Waals surface area contributed by atoms with E-state index in [4.69, 9.17) is 4.74 Å². The lowest BCUT2D eigenvalue weighted by Gasteiger charge is -2.06. The van der Waals surface area contributed by atoms with E-state index in [2.05, 4.69) is 45.4 Å². The van der Waals surface area contributed by atoms with Crippen molar-refractivity contribution in [1.29, 1.82) is 0 Å². The molecule has 0 aromatic heterocycles. The summed E-state index contributed by atoms with van der Waals surface area (Å²) in [7, 11) is 0. The Bertz CT molecular complexity index is 961. The molecule has 2 rings (SSSR count). The molecule has 0 aliphatic heterocycles. The zero-order valence-electron chi connectivity index (χ0n) is 19.5. The monoisotopic (exact) mass is 577 g/mol. The second kappa shape index (κ2) is 16.0. The Morgan fingerprint density at radius 3 is 2.29 bits per heavy atom. The van der Waals surface area contributed by atoms with Crippen LogP contribution in [0, 0.1) is 3.57 Å². The Balaban J connectivity index is 1.64. The van der Waals surface area contributed by atoms with Gasteiger partial charge in [0, 0.05) is 9.99 Å². The van der Waals surface area contributed by atoms with Gasteiger partial charge in [0.25, 0.3) is 5.91 Å². The lowest BCUT2D eigenvalue weighted by Crippen LogP contribution is -2.34. The van der Waals surface area contributed by atoms with E-state index < -0.39 is 11.9 Å². The van der Waals surface area contributed by atoms with Crippen LogP contribution in [0.15, 0.2) is 53.6 Å². The Morgan fingerprint density at radius 1 is 0.912 bits per heavy atom. The third-order valence-electron chi connectivity index (χ3n) is 5.04. The molecule has 0 saturated heterocycles. The van der Waals surface area contributed by atoms with Crippen LogP contribution in [0.25, 0.3) is 0 Å². The summed E-state index contributed by atoms with van der Waals surface area (Å²) in [5, 5.41) is 6.51. The molecular formula is C26H32IN3O4. The number of hydrazone groups is 1. The number of halogens is 1. The molecule has 2 aromatic rings. The fraction of sp³-hybridized carbons (Fsp3) is 0.385. The summed E-state index contributed by atoms with van der Waals surface area (Å²) in [6.07, 6.45) is 9.92. The van der Waals surface area contributed by atoms with Crippen molar-refractivity contribution in [2.75, 3.05) is 6.54 Å². The van der Waals surface area contributed by atoms with Crippen molar-refractivity contribution in [2.24, 2.45) is 5.10 Å². The fourth-order valence-corrected chi connectivity index (χ4v) is 3.75. The number of carbonyl (C=O) groups is 3. The minimum absolute atomic E-state index is 0.111. The molecule has 2 amide bonds. The third-order valence-corrected chi connectivity index (χ3v) is 5.98. The van der Waals surface area contributed by atoms with Crippen LogP contribution in [-0.4, -0.2) is 30.5 Å². The second-order valence-corrected chi connectivity index (χ2v) is 9.04. The van der Waals surface area contributed by atoms with Crippen LogP contribution < -0.4 is 15.5 Å². The predicted molar refractivity (Wildman–Crippen MR) is 142 cm³/mol. The van der Waals surface area contributed by atoms with Crippen molar-refractivity contribution < 1.29 is 19.1 Å². The van der Waals surface area contributed by atoms with E-state index in [1.807, 2.05) is 12.1 Å². The summed E-state index contributed by atoms with van der Waals surface area (Å²) in [5.41, 5.74) is 3.61. The molecule has 0 bridgehead atoms. The van der Waals surface area contributed by atoms with Gasteiger partial charge in [0.05, 0.1) is 18.3 Å². The molecule has 7 nitrogen and oxygen atoms in total. The highest BCUT2D eigenvalue weighted by Crippen LogP contribution is 2.17. The topological polar surface area (TPSA) is 96.9 Å². The van der Waals surface area contributed by atoms with Gasteiger partial charge in [0.1, 0.15) is 5.75 Å². The predicted octanol–water partition coefficient (Wildman–Crippen LogP) is 5.22. The first-order chi connectivity index (χ1) is 16.5. The minimum atomic E-state index is -0.423. The van der Waals surface area contributed by atoms with E-state index in [1.165, 1.54) is 31.9 Å². The molecule has 2 aromatic carbocycles. The van der Waals surface area contributed by atoms with Crippen LogP contribution in [0.5, 0.6) is 5.75 Å². The van der Waals surface area contributed by atoms with Gasteiger partial charge in [-0.15, -0.1) is 0 Å². The van der Waals surface area contributed by atoms with Gasteiger partial charge in [0.2, 0.25) is 5.91 Å². The molecule has 2 N–H and O–H groups in total. The quantitative estimate of drug-likeness (QED) is 0.0804. The summed E-state index contributed by atoms with van der Waals surface area (Å²) in [4.78, 5) is 36.0. The van der Waals surface area contributed by atoms with Crippen LogP contribution in [0.3, 0.4) is 0 Å². The maximum Gasteiger partial charge on any atom is 0.344 e. The maximum absolute atomic E-state index is 12.3. The summed E-state index contributed by atoms with van der Waals surface area (Å²) in [6, 6.07) is 13.9. The zero-order valence-corrected chi connectivity index (χ0v) is 21.7. The van der Waals surface area contributed by atoms with Crippen molar-refractivity contribution >= 4 is 46.6 Å². The third kappa shape index (κ3) is 10.9. The van der Waals surface area contributed by atoms with Crippen LogP contribution in [0.2, 0.25) is 0 Å². The highest BCUT2D eigenvalue weighted by atomic mass is 127. The van der Waals surface area contributed by atoms with Crippen LogP contribution >= 0.6 is 22.6 Å². The number of hydrogen-bond donors (Lipinski definition) is 2. The van der Waals surface area contributed by atoms with Gasteiger partial charge < -0.3 is 10.1 Å². The normalized spacial score (nSPS) is 10.8. The SMILES string of the molecule is CCCCCCCCCC(=O)NCC(=O)NN=Cc1ccc(OC(=O)c2ccccc2I)cc1. The van der Waals surface area contributed by atoms with Gasteiger partial charge in [-0.25, -0.2) is 10.2 Å². The first-order valence-corrected chi connectivity index (χ1v) is 12.7. The Labute approximate surface area is 214 Å². The number of unbranched alkanes of at least 4 members (excludes halogenated alkanes) is 6. The Hall–Kier alpha value is -2.75. The number of nitrogens with one attached hydrogen (secondary N) is 2. The number of nitrogens with zero attached hydrogens (tertiary/aromatic N) is 1. The number of esters is 1. The van der Waals surface area contributed by atoms with Crippen molar-refractivity contribution in [3.8, 4) is 5.75 Å². The van der Waals surface area contributed by atoms with Crippen LogP contribution in [0.1, 0.15) is 74.2 Å². The average molecular weight is 577 g/mol. The maximum atomic E-state index is 12.3. The first kappa shape index (κ1) is 27.5. The zero-order chi connectivity index (χ0) is 24.6. The lowest BCUT2D eigenvalue weighted by atomic mass is 10.1. The summed E-state index contributed by atoms with van der Waals surface area (Å²) in [5.74, 6) is -0.530. The van der Waals surface area contributed by atoms with Gasteiger partial charge >= 0.3 is 5.97 Å². The van der Waals surface area contributed by atoms with Gasteiger partial charge in [-0.1, -0.05) is 57.6 Å². The molecule has 8 heteroatoms. The number of amides is 2. The number of hydrogen-bond acceptors (Lipinski definition) is 5. The second-order valence-electron chi connectivity index (χ2n) is 7.88. The van der Waals surface area contributed by atoms with Crippen LogP contribution in [-0.2, 0) is 9.59 Å². The van der Waals surface area contributed by atoms with E-state index in [0.717, 1.165) is 28.4 Å². The molecule has 0 aliphatic rings.